The summed E-state index contributed by atoms with van der Waals surface area (Å²) < 4.78 is 1.79. The molecule has 106 valence electrons. The lowest BCUT2D eigenvalue weighted by molar-refractivity contribution is 0.844. The first-order chi connectivity index (χ1) is 10.8. The molecule has 4 aromatic rings. The molecule has 0 saturated heterocycles. The lowest BCUT2D eigenvalue weighted by Gasteiger charge is -2.03. The maximum Gasteiger partial charge on any atom is 0.163 e. The molecule has 4 heteroatoms. The lowest BCUT2D eigenvalue weighted by Crippen LogP contribution is -2.01. The maximum atomic E-state index is 4.64. The summed E-state index contributed by atoms with van der Waals surface area (Å²) >= 11 is 0. The zero-order valence-electron chi connectivity index (χ0n) is 12.1. The molecule has 0 aliphatic carbocycles. The molecule has 0 saturated carbocycles. The van der Waals surface area contributed by atoms with Crippen molar-refractivity contribution in [1.82, 2.24) is 19.6 Å². The van der Waals surface area contributed by atoms with E-state index < -0.39 is 0 Å². The third-order valence-electron chi connectivity index (χ3n) is 3.59. The molecule has 0 unspecified atom stereocenters. The van der Waals surface area contributed by atoms with Crippen molar-refractivity contribution in [2.24, 2.45) is 0 Å². The van der Waals surface area contributed by atoms with Crippen LogP contribution >= 0.6 is 0 Å². The van der Waals surface area contributed by atoms with Gasteiger partial charge in [0.2, 0.25) is 0 Å². The third-order valence-corrected chi connectivity index (χ3v) is 3.59. The van der Waals surface area contributed by atoms with Crippen molar-refractivity contribution in [3.05, 3.63) is 72.6 Å². The maximum absolute atomic E-state index is 4.64. The predicted molar refractivity (Wildman–Crippen MR) is 86.4 cm³/mol. The van der Waals surface area contributed by atoms with E-state index in [1.165, 1.54) is 0 Å². The molecule has 0 aliphatic rings. The minimum absolute atomic E-state index is 0.727. The second-order valence-corrected chi connectivity index (χ2v) is 5.13. The van der Waals surface area contributed by atoms with Crippen LogP contribution in [-0.2, 0) is 0 Å². The van der Waals surface area contributed by atoms with Crippen molar-refractivity contribution >= 4 is 5.65 Å². The average molecular weight is 286 g/mol. The molecule has 22 heavy (non-hydrogen) atoms. The monoisotopic (exact) mass is 286 g/mol. The Balaban J connectivity index is 1.88. The quantitative estimate of drug-likeness (QED) is 0.563. The van der Waals surface area contributed by atoms with Gasteiger partial charge in [-0.05, 0) is 6.92 Å². The Hall–Kier alpha value is -3.01. The molecular weight excluding hydrogens is 272 g/mol. The van der Waals surface area contributed by atoms with Crippen LogP contribution in [0.1, 0.15) is 5.82 Å². The second kappa shape index (κ2) is 5.07. The first kappa shape index (κ1) is 12.7. The van der Waals surface area contributed by atoms with Gasteiger partial charge in [0.1, 0.15) is 5.82 Å². The number of hydrogen-bond donors (Lipinski definition) is 0. The first-order valence-corrected chi connectivity index (χ1v) is 7.16. The van der Waals surface area contributed by atoms with Crippen molar-refractivity contribution in [3.63, 3.8) is 0 Å². The molecule has 0 atom stereocenters. The molecule has 4 rings (SSSR count). The highest BCUT2D eigenvalue weighted by atomic mass is 15.3. The van der Waals surface area contributed by atoms with E-state index >= 15 is 0 Å². The third kappa shape index (κ3) is 2.15. The van der Waals surface area contributed by atoms with Gasteiger partial charge in [0, 0.05) is 17.2 Å². The van der Waals surface area contributed by atoms with Gasteiger partial charge in [0.15, 0.2) is 11.5 Å². The van der Waals surface area contributed by atoms with Crippen LogP contribution in [0.2, 0.25) is 0 Å². The van der Waals surface area contributed by atoms with Gasteiger partial charge in [-0.25, -0.2) is 14.5 Å². The van der Waals surface area contributed by atoms with E-state index in [1.807, 2.05) is 73.7 Å². The van der Waals surface area contributed by atoms with Crippen molar-refractivity contribution in [2.75, 3.05) is 0 Å². The van der Waals surface area contributed by atoms with E-state index in [4.69, 9.17) is 0 Å². The summed E-state index contributed by atoms with van der Waals surface area (Å²) in [5.41, 5.74) is 3.80. The number of fused-ring (bicyclic) bond motifs is 1. The van der Waals surface area contributed by atoms with Crippen molar-refractivity contribution in [3.8, 4) is 22.6 Å². The predicted octanol–water partition coefficient (Wildman–Crippen LogP) is 3.77. The standard InChI is InChI=1S/C18H14N4/c1-13-19-18(15-10-6-3-7-11-15)20-17-12-16(21-22(13)17)14-8-4-2-5-9-14/h2-12H,1H3. The molecule has 0 fully saturated rings. The summed E-state index contributed by atoms with van der Waals surface area (Å²) in [5, 5.41) is 4.61. The molecular formula is C18H14N4. The Morgan fingerprint density at radius 1 is 0.773 bits per heavy atom. The summed E-state index contributed by atoms with van der Waals surface area (Å²) in [7, 11) is 0. The first-order valence-electron chi connectivity index (χ1n) is 7.16. The molecule has 0 spiro atoms. The van der Waals surface area contributed by atoms with Crippen LogP contribution in [-0.4, -0.2) is 19.6 Å². The van der Waals surface area contributed by atoms with Crippen LogP contribution in [0.4, 0.5) is 0 Å². The normalized spacial score (nSPS) is 11.0. The number of aryl methyl sites for hydroxylation is 1. The van der Waals surface area contributed by atoms with Gasteiger partial charge in [-0.15, -0.1) is 0 Å². The highest BCUT2D eigenvalue weighted by molar-refractivity contribution is 5.65. The largest absolute Gasteiger partial charge is 0.213 e. The smallest absolute Gasteiger partial charge is 0.163 e. The van der Waals surface area contributed by atoms with Crippen molar-refractivity contribution < 1.29 is 0 Å². The zero-order valence-corrected chi connectivity index (χ0v) is 12.1. The fourth-order valence-corrected chi connectivity index (χ4v) is 2.49. The Labute approximate surface area is 128 Å². The molecule has 0 N–H and O–H groups in total. The lowest BCUT2D eigenvalue weighted by atomic mass is 10.2. The van der Waals surface area contributed by atoms with Gasteiger partial charge < -0.3 is 0 Å². The Kier molecular flexibility index (Phi) is 2.93. The topological polar surface area (TPSA) is 43.1 Å². The fourth-order valence-electron chi connectivity index (χ4n) is 2.49. The van der Waals surface area contributed by atoms with Gasteiger partial charge in [0.05, 0.1) is 5.69 Å². The summed E-state index contributed by atoms with van der Waals surface area (Å²) in [6.45, 7) is 1.95. The molecule has 2 aromatic heterocycles. The van der Waals surface area contributed by atoms with Crippen LogP contribution in [0.5, 0.6) is 0 Å². The van der Waals surface area contributed by atoms with Crippen molar-refractivity contribution in [1.29, 1.82) is 0 Å². The summed E-state index contributed by atoms with van der Waals surface area (Å²) in [6.07, 6.45) is 0. The van der Waals surface area contributed by atoms with Crippen molar-refractivity contribution in [2.45, 2.75) is 6.92 Å². The molecule has 0 bridgehead atoms. The Bertz CT molecular complexity index is 927. The van der Waals surface area contributed by atoms with Crippen LogP contribution in [0.15, 0.2) is 66.7 Å². The molecule has 2 aromatic carbocycles. The average Bonchev–Trinajstić information content (AvgIpc) is 3.01. The molecule has 2 heterocycles. The van der Waals surface area contributed by atoms with Gasteiger partial charge >= 0.3 is 0 Å². The minimum Gasteiger partial charge on any atom is -0.213 e. The van der Waals surface area contributed by atoms with Gasteiger partial charge in [-0.2, -0.15) is 5.10 Å². The number of rotatable bonds is 2. The number of benzene rings is 2. The molecule has 4 nitrogen and oxygen atoms in total. The van der Waals surface area contributed by atoms with Crippen LogP contribution in [0.25, 0.3) is 28.3 Å². The number of aromatic nitrogens is 4. The highest BCUT2D eigenvalue weighted by Crippen LogP contribution is 2.21. The van der Waals surface area contributed by atoms with Crippen LogP contribution < -0.4 is 0 Å². The minimum atomic E-state index is 0.727. The Morgan fingerprint density at radius 2 is 1.41 bits per heavy atom. The van der Waals surface area contributed by atoms with E-state index in [1.54, 1.807) is 4.52 Å². The molecule has 0 amide bonds. The van der Waals surface area contributed by atoms with E-state index in [9.17, 15) is 0 Å². The van der Waals surface area contributed by atoms with E-state index in [-0.39, 0.29) is 0 Å². The second-order valence-electron chi connectivity index (χ2n) is 5.13. The Morgan fingerprint density at radius 3 is 2.09 bits per heavy atom. The number of hydrogen-bond acceptors (Lipinski definition) is 3. The van der Waals surface area contributed by atoms with E-state index in [2.05, 4.69) is 15.1 Å². The van der Waals surface area contributed by atoms with Crippen LogP contribution in [0.3, 0.4) is 0 Å². The highest BCUT2D eigenvalue weighted by Gasteiger charge is 2.10. The van der Waals surface area contributed by atoms with Gasteiger partial charge in [-0.1, -0.05) is 60.7 Å². The zero-order chi connectivity index (χ0) is 14.9. The SMILES string of the molecule is Cc1nc(-c2ccccc2)nc2cc(-c3ccccc3)nn12. The molecule has 0 aliphatic heterocycles. The fraction of sp³-hybridized carbons (Fsp3) is 0.0556. The van der Waals surface area contributed by atoms with E-state index in [0.717, 1.165) is 34.1 Å². The van der Waals surface area contributed by atoms with Gasteiger partial charge in [0.25, 0.3) is 0 Å². The summed E-state index contributed by atoms with van der Waals surface area (Å²) in [6, 6.07) is 22.1. The number of nitrogens with zero attached hydrogens (tertiary/aromatic N) is 4. The molecule has 0 radical (unpaired) electrons. The van der Waals surface area contributed by atoms with Gasteiger partial charge in [-0.3, -0.25) is 0 Å². The summed E-state index contributed by atoms with van der Waals surface area (Å²) in [4.78, 5) is 9.21. The van der Waals surface area contributed by atoms with E-state index in [0.29, 0.717) is 0 Å². The summed E-state index contributed by atoms with van der Waals surface area (Å²) in [5.74, 6) is 1.55. The van der Waals surface area contributed by atoms with Crippen LogP contribution in [0, 0.1) is 6.92 Å².